The summed E-state index contributed by atoms with van der Waals surface area (Å²) in [5.41, 5.74) is 1.81. The van der Waals surface area contributed by atoms with E-state index in [4.69, 9.17) is 12.6 Å². The van der Waals surface area contributed by atoms with Gasteiger partial charge in [-0.2, -0.15) is 10.5 Å². The first kappa shape index (κ1) is 28.4. The molecule has 5 aromatic heterocycles. The smallest absolute Gasteiger partial charge is 0.160 e. The van der Waals surface area contributed by atoms with Crippen LogP contribution in [-0.4, -0.2) is 18.3 Å². The monoisotopic (exact) mass is 904 g/mol. The second-order valence-electron chi connectivity index (χ2n) is 17.3. The molecule has 7 heteroatoms. The van der Waals surface area contributed by atoms with Crippen molar-refractivity contribution in [2.45, 2.75) is 6.85 Å². The summed E-state index contributed by atoms with van der Waals surface area (Å²) in [6.07, 6.45) is 0. The number of rotatable bonds is 4. The number of nitriles is 2. The molecule has 70 heavy (non-hydrogen) atoms. The fourth-order valence-corrected chi connectivity index (χ4v) is 11.2. The van der Waals surface area contributed by atoms with Crippen molar-refractivity contribution in [1.29, 1.82) is 10.5 Å². The standard InChI is InChI=1S/C63H36N6O/c1-37-30-33-56-47(34-37)45-31-32-46-44-22-8-15-29-57(44)70-63(46)62(45)69(56)61-49(36-65)59(67-52-25-11-4-18-40(52)41-19-5-12-26-53(41)67)58(66-50-23-9-2-16-38(50)39-17-3-10-24-51(39)66)48(35-64)60(61)68-54-27-13-6-20-42(54)43-21-7-14-28-55(43)68/h2-34H,1H3/i1D3,8D,15D,22D,29D,30D,31D,32D,33D,34D. The van der Waals surface area contributed by atoms with Gasteiger partial charge in [0.25, 0.3) is 0 Å². The minimum absolute atomic E-state index is 0.0228. The Balaban J connectivity index is 1.33. The van der Waals surface area contributed by atoms with Gasteiger partial charge in [0, 0.05) is 58.0 Å². The molecule has 15 aromatic rings. The van der Waals surface area contributed by atoms with Gasteiger partial charge in [-0.3, -0.25) is 0 Å². The molecular formula is C63H36N6O. The van der Waals surface area contributed by atoms with Crippen molar-refractivity contribution >= 4 is 109 Å². The largest absolute Gasteiger partial charge is 0.454 e. The van der Waals surface area contributed by atoms with Crippen molar-refractivity contribution in [1.82, 2.24) is 18.3 Å². The van der Waals surface area contributed by atoms with E-state index in [-0.39, 0.29) is 77.6 Å². The van der Waals surface area contributed by atoms with Gasteiger partial charge in [-0.25, -0.2) is 0 Å². The van der Waals surface area contributed by atoms with Crippen molar-refractivity contribution < 1.29 is 20.9 Å². The van der Waals surface area contributed by atoms with E-state index in [1.165, 1.54) is 4.57 Å². The summed E-state index contributed by atoms with van der Waals surface area (Å²) in [5.74, 6) is 0. The van der Waals surface area contributed by atoms with Gasteiger partial charge in [0.2, 0.25) is 0 Å². The molecule has 0 atom stereocenters. The molecule has 0 aliphatic heterocycles. The molecule has 10 aromatic carbocycles. The number of nitrogens with zero attached hydrogens (tertiary/aromatic N) is 6. The lowest BCUT2D eigenvalue weighted by atomic mass is 9.98. The summed E-state index contributed by atoms with van der Waals surface area (Å²) in [6.45, 7) is -3.16. The maximum atomic E-state index is 12.8. The van der Waals surface area contributed by atoms with Crippen LogP contribution in [-0.2, 0) is 0 Å². The third-order valence-electron chi connectivity index (χ3n) is 13.8. The summed E-state index contributed by atoms with van der Waals surface area (Å²) in [4.78, 5) is 0. The predicted molar refractivity (Wildman–Crippen MR) is 285 cm³/mol. The van der Waals surface area contributed by atoms with Gasteiger partial charge in [0.05, 0.1) is 79.2 Å². The van der Waals surface area contributed by atoms with Gasteiger partial charge < -0.3 is 22.7 Å². The molecule has 0 unspecified atom stereocenters. The van der Waals surface area contributed by atoms with Gasteiger partial charge in [-0.15, -0.1) is 0 Å². The lowest BCUT2D eigenvalue weighted by molar-refractivity contribution is 0.671. The van der Waals surface area contributed by atoms with Crippen molar-refractivity contribution in [3.05, 3.63) is 217 Å². The molecule has 0 saturated carbocycles. The van der Waals surface area contributed by atoms with Crippen molar-refractivity contribution in [3.8, 4) is 34.9 Å². The Bertz CT molecular complexity index is 5390. The van der Waals surface area contributed by atoms with E-state index in [1.54, 1.807) is 0 Å². The summed E-state index contributed by atoms with van der Waals surface area (Å²) >= 11 is 0. The lowest BCUT2D eigenvalue weighted by Gasteiger charge is -2.27. The van der Waals surface area contributed by atoms with Crippen LogP contribution in [0.1, 0.15) is 33.1 Å². The molecule has 0 N–H and O–H groups in total. The average Bonchev–Trinajstić information content (AvgIpc) is 1.59. The van der Waals surface area contributed by atoms with Gasteiger partial charge in [0.15, 0.2) is 5.58 Å². The van der Waals surface area contributed by atoms with Gasteiger partial charge in [0.1, 0.15) is 28.8 Å². The molecule has 324 valence electrons. The van der Waals surface area contributed by atoms with Crippen molar-refractivity contribution in [3.63, 3.8) is 0 Å². The Morgan fingerprint density at radius 2 is 0.800 bits per heavy atom. The number of para-hydroxylation sites is 7. The Hall–Kier alpha value is -9.82. The first-order valence-corrected chi connectivity index (χ1v) is 22.5. The van der Waals surface area contributed by atoms with Crippen LogP contribution in [0.2, 0.25) is 0 Å². The maximum absolute atomic E-state index is 12.8. The van der Waals surface area contributed by atoms with Gasteiger partial charge >= 0.3 is 0 Å². The van der Waals surface area contributed by atoms with E-state index in [0.717, 1.165) is 32.3 Å². The van der Waals surface area contributed by atoms with Gasteiger partial charge in [-0.05, 0) is 67.4 Å². The Kier molecular flexibility index (Phi) is 5.72. The summed E-state index contributed by atoms with van der Waals surface area (Å²) in [5, 5.41) is 29.1. The number of hydrogen-bond acceptors (Lipinski definition) is 3. The highest BCUT2D eigenvalue weighted by Gasteiger charge is 2.35. The molecule has 0 amide bonds. The lowest BCUT2D eigenvalue weighted by Crippen LogP contribution is -2.16. The molecule has 7 nitrogen and oxygen atoms in total. The Morgan fingerprint density at radius 3 is 1.23 bits per heavy atom. The fourth-order valence-electron chi connectivity index (χ4n) is 11.2. The predicted octanol–water partition coefficient (Wildman–Crippen LogP) is 16.0. The number of benzene rings is 10. The molecule has 0 fully saturated rings. The zero-order valence-corrected chi connectivity index (χ0v) is 36.4. The van der Waals surface area contributed by atoms with Crippen molar-refractivity contribution in [2.75, 3.05) is 0 Å². The van der Waals surface area contributed by atoms with Gasteiger partial charge in [-0.1, -0.05) is 145 Å². The zero-order valence-electron chi connectivity index (χ0n) is 48.4. The molecule has 0 aliphatic carbocycles. The Labute approximate surface area is 416 Å². The normalized spacial score (nSPS) is 14.7. The molecule has 0 radical (unpaired) electrons. The van der Waals surface area contributed by atoms with E-state index in [9.17, 15) is 18.7 Å². The summed E-state index contributed by atoms with van der Waals surface area (Å²) in [7, 11) is 0. The van der Waals surface area contributed by atoms with E-state index < -0.39 is 66.8 Å². The highest BCUT2D eigenvalue weighted by Crippen LogP contribution is 2.50. The SMILES string of the molecule is [2H]c1c([2H])c([2H])c2c(oc3c2c([2H])c([2H])c2c4c([2H])c(C([2H])([2H])[2H])c([2H])c([2H])c4n(-c4c(C#N)c(-n5c6ccccc6c6ccccc65)c(-n5c6ccccc6c6ccccc65)c(C#N)c4-n4c5ccccc5c5ccccc54)c32)c1[2H]. The first-order chi connectivity index (χ1) is 39.6. The molecule has 5 heterocycles. The van der Waals surface area contributed by atoms with E-state index in [2.05, 4.69) is 12.1 Å². The van der Waals surface area contributed by atoms with Crippen LogP contribution in [0.25, 0.3) is 132 Å². The quantitative estimate of drug-likeness (QED) is 0.176. The zero-order chi connectivity index (χ0) is 56.7. The third kappa shape index (κ3) is 4.89. The highest BCUT2D eigenvalue weighted by atomic mass is 16.3. The second kappa shape index (κ2) is 14.1. The number of fused-ring (bicyclic) bond motifs is 16. The highest BCUT2D eigenvalue weighted by molar-refractivity contribution is 6.23. The number of hydrogen-bond donors (Lipinski definition) is 0. The minimum atomic E-state index is -3.16. The molecule has 0 bridgehead atoms. The van der Waals surface area contributed by atoms with Crippen molar-refractivity contribution in [2.24, 2.45) is 0 Å². The van der Waals surface area contributed by atoms with Crippen LogP contribution in [0.15, 0.2) is 204 Å². The van der Waals surface area contributed by atoms with Crippen LogP contribution >= 0.6 is 0 Å². The van der Waals surface area contributed by atoms with Crippen LogP contribution in [0.5, 0.6) is 0 Å². The molecule has 0 spiro atoms. The Morgan fingerprint density at radius 1 is 0.400 bits per heavy atom. The van der Waals surface area contributed by atoms with Crippen LogP contribution in [0.4, 0.5) is 0 Å². The summed E-state index contributed by atoms with van der Waals surface area (Å²) in [6, 6.07) is 45.0. The average molecular weight is 905 g/mol. The molecular weight excluding hydrogens is 857 g/mol. The van der Waals surface area contributed by atoms with E-state index >= 15 is 0 Å². The number of furan rings is 1. The number of aromatic nitrogens is 4. The van der Waals surface area contributed by atoms with E-state index in [1.807, 2.05) is 159 Å². The fraction of sp³-hybridized carbons (Fsp3) is 0.0159. The van der Waals surface area contributed by atoms with Crippen LogP contribution < -0.4 is 0 Å². The maximum Gasteiger partial charge on any atom is 0.160 e. The van der Waals surface area contributed by atoms with Crippen LogP contribution in [0, 0.1) is 29.5 Å². The third-order valence-corrected chi connectivity index (χ3v) is 13.8. The molecule has 0 saturated heterocycles. The van der Waals surface area contributed by atoms with Crippen LogP contribution in [0.3, 0.4) is 0 Å². The topological polar surface area (TPSA) is 80.4 Å². The molecule has 0 aliphatic rings. The summed E-state index contributed by atoms with van der Waals surface area (Å²) < 4.78 is 125. The van der Waals surface area contributed by atoms with E-state index in [0.29, 0.717) is 33.1 Å². The molecule has 15 rings (SSSR count). The minimum Gasteiger partial charge on any atom is -0.454 e. The second-order valence-corrected chi connectivity index (χ2v) is 17.3. The first-order valence-electron chi connectivity index (χ1n) is 28.5.